The average molecular weight is 283 g/mol. The summed E-state index contributed by atoms with van der Waals surface area (Å²) in [5.41, 5.74) is 0. The van der Waals surface area contributed by atoms with E-state index in [1.165, 1.54) is 12.8 Å². The maximum absolute atomic E-state index is 12.1. The molecule has 1 atom stereocenters. The molecular weight excluding hydrogens is 254 g/mol. The normalized spacial score (nSPS) is 24.9. The van der Waals surface area contributed by atoms with Gasteiger partial charge in [0, 0.05) is 45.8 Å². The number of amides is 1. The number of carbonyl (C=O) groups is 1. The molecule has 0 radical (unpaired) electrons. The van der Waals surface area contributed by atoms with Crippen LogP contribution in [0.3, 0.4) is 0 Å². The van der Waals surface area contributed by atoms with E-state index >= 15 is 0 Å². The first-order valence-electron chi connectivity index (χ1n) is 8.12. The highest BCUT2D eigenvalue weighted by Gasteiger charge is 2.22. The van der Waals surface area contributed by atoms with Gasteiger partial charge in [-0.3, -0.25) is 9.69 Å². The van der Waals surface area contributed by atoms with Crippen LogP contribution in [0.25, 0.3) is 0 Å². The maximum atomic E-state index is 12.1. The van der Waals surface area contributed by atoms with Crippen molar-refractivity contribution in [1.82, 2.24) is 15.1 Å². The van der Waals surface area contributed by atoms with Gasteiger partial charge in [-0.1, -0.05) is 6.92 Å². The molecule has 5 heteroatoms. The van der Waals surface area contributed by atoms with Gasteiger partial charge in [-0.25, -0.2) is 0 Å². The lowest BCUT2D eigenvalue weighted by Gasteiger charge is -2.24. The van der Waals surface area contributed by atoms with E-state index in [9.17, 15) is 4.79 Å². The summed E-state index contributed by atoms with van der Waals surface area (Å²) in [7, 11) is 0. The molecule has 0 spiro atoms. The molecule has 0 saturated carbocycles. The van der Waals surface area contributed by atoms with Crippen LogP contribution < -0.4 is 5.32 Å². The van der Waals surface area contributed by atoms with E-state index in [0.717, 1.165) is 58.8 Å². The summed E-state index contributed by atoms with van der Waals surface area (Å²) in [5.74, 6) is 0.296. The quantitative estimate of drug-likeness (QED) is 0.729. The molecule has 20 heavy (non-hydrogen) atoms. The van der Waals surface area contributed by atoms with Gasteiger partial charge in [0.15, 0.2) is 0 Å². The minimum absolute atomic E-state index is 0.296. The Labute approximate surface area is 122 Å². The van der Waals surface area contributed by atoms with Crippen LogP contribution >= 0.6 is 0 Å². The third-order valence-electron chi connectivity index (χ3n) is 4.19. The van der Waals surface area contributed by atoms with Crippen molar-refractivity contribution in [3.63, 3.8) is 0 Å². The number of hydrogen-bond acceptors (Lipinski definition) is 4. The molecule has 2 fully saturated rings. The molecule has 0 aromatic rings. The highest BCUT2D eigenvalue weighted by Crippen LogP contribution is 2.14. The van der Waals surface area contributed by atoms with Crippen LogP contribution in [0.1, 0.15) is 32.6 Å². The van der Waals surface area contributed by atoms with Gasteiger partial charge in [-0.05, 0) is 32.4 Å². The number of nitrogens with one attached hydrogen (secondary N) is 1. The standard InChI is InChI=1S/C15H29N3O2/c1-2-16-7-6-15(19)18-9-4-8-17(10-11-18)13-14-5-3-12-20-14/h14,16H,2-13H2,1H3. The van der Waals surface area contributed by atoms with Crippen molar-refractivity contribution in [2.45, 2.75) is 38.7 Å². The summed E-state index contributed by atoms with van der Waals surface area (Å²) < 4.78 is 5.71. The lowest BCUT2D eigenvalue weighted by atomic mass is 10.2. The van der Waals surface area contributed by atoms with E-state index in [1.807, 2.05) is 4.90 Å². The summed E-state index contributed by atoms with van der Waals surface area (Å²) >= 11 is 0. The fraction of sp³-hybridized carbons (Fsp3) is 0.933. The van der Waals surface area contributed by atoms with Gasteiger partial charge in [0.2, 0.25) is 5.91 Å². The third-order valence-corrected chi connectivity index (χ3v) is 4.19. The molecule has 116 valence electrons. The zero-order chi connectivity index (χ0) is 14.2. The molecule has 2 saturated heterocycles. The molecule has 0 aromatic heterocycles. The van der Waals surface area contributed by atoms with E-state index < -0.39 is 0 Å². The second-order valence-electron chi connectivity index (χ2n) is 5.77. The smallest absolute Gasteiger partial charge is 0.223 e. The topological polar surface area (TPSA) is 44.8 Å². The SMILES string of the molecule is CCNCCC(=O)N1CCCN(CC2CCCO2)CC1. The molecule has 2 aliphatic rings. The van der Waals surface area contributed by atoms with E-state index in [1.54, 1.807) is 0 Å². The van der Waals surface area contributed by atoms with Gasteiger partial charge in [-0.15, -0.1) is 0 Å². The minimum Gasteiger partial charge on any atom is -0.377 e. The van der Waals surface area contributed by atoms with E-state index in [-0.39, 0.29) is 0 Å². The Bertz CT molecular complexity index is 293. The van der Waals surface area contributed by atoms with Gasteiger partial charge in [0.25, 0.3) is 0 Å². The molecule has 1 N–H and O–H groups in total. The van der Waals surface area contributed by atoms with Gasteiger partial charge < -0.3 is 15.0 Å². The predicted octanol–water partition coefficient (Wildman–Crippen LogP) is 0.699. The summed E-state index contributed by atoms with van der Waals surface area (Å²) in [4.78, 5) is 16.6. The lowest BCUT2D eigenvalue weighted by molar-refractivity contribution is -0.130. The van der Waals surface area contributed by atoms with Crippen LogP contribution in [0.5, 0.6) is 0 Å². The third kappa shape index (κ3) is 5.04. The number of ether oxygens (including phenoxy) is 1. The molecular formula is C15H29N3O2. The average Bonchev–Trinajstić information content (AvgIpc) is 2.84. The molecule has 0 aliphatic carbocycles. The highest BCUT2D eigenvalue weighted by atomic mass is 16.5. The molecule has 1 amide bonds. The second kappa shape index (κ2) is 8.60. The number of nitrogens with zero attached hydrogens (tertiary/aromatic N) is 2. The number of carbonyl (C=O) groups excluding carboxylic acids is 1. The van der Waals surface area contributed by atoms with E-state index in [0.29, 0.717) is 18.4 Å². The zero-order valence-corrected chi connectivity index (χ0v) is 12.8. The molecule has 2 aliphatic heterocycles. The van der Waals surface area contributed by atoms with Crippen LogP contribution in [0.2, 0.25) is 0 Å². The Morgan fingerprint density at radius 2 is 2.15 bits per heavy atom. The number of rotatable bonds is 6. The fourth-order valence-electron chi connectivity index (χ4n) is 3.01. The van der Waals surface area contributed by atoms with Crippen molar-refractivity contribution in [2.24, 2.45) is 0 Å². The zero-order valence-electron chi connectivity index (χ0n) is 12.8. The highest BCUT2D eigenvalue weighted by molar-refractivity contribution is 5.76. The Hall–Kier alpha value is -0.650. The van der Waals surface area contributed by atoms with Crippen molar-refractivity contribution in [3.05, 3.63) is 0 Å². The van der Waals surface area contributed by atoms with E-state index in [4.69, 9.17) is 4.74 Å². The van der Waals surface area contributed by atoms with Gasteiger partial charge >= 0.3 is 0 Å². The van der Waals surface area contributed by atoms with Crippen molar-refractivity contribution in [1.29, 1.82) is 0 Å². The Kier molecular flexibility index (Phi) is 6.76. The maximum Gasteiger partial charge on any atom is 0.223 e. The molecule has 2 rings (SSSR count). The summed E-state index contributed by atoms with van der Waals surface area (Å²) in [6.07, 6.45) is 4.53. The molecule has 5 nitrogen and oxygen atoms in total. The van der Waals surface area contributed by atoms with Crippen LogP contribution in [-0.4, -0.2) is 74.2 Å². The van der Waals surface area contributed by atoms with Crippen molar-refractivity contribution >= 4 is 5.91 Å². The van der Waals surface area contributed by atoms with E-state index in [2.05, 4.69) is 17.1 Å². The predicted molar refractivity (Wildman–Crippen MR) is 79.8 cm³/mol. The fourth-order valence-corrected chi connectivity index (χ4v) is 3.01. The molecule has 0 bridgehead atoms. The monoisotopic (exact) mass is 283 g/mol. The Morgan fingerprint density at radius 3 is 2.90 bits per heavy atom. The molecule has 1 unspecified atom stereocenters. The lowest BCUT2D eigenvalue weighted by Crippen LogP contribution is -2.38. The first-order valence-corrected chi connectivity index (χ1v) is 8.12. The van der Waals surface area contributed by atoms with Gasteiger partial charge in [0.05, 0.1) is 6.10 Å². The van der Waals surface area contributed by atoms with Gasteiger partial charge in [0.1, 0.15) is 0 Å². The second-order valence-corrected chi connectivity index (χ2v) is 5.77. The van der Waals surface area contributed by atoms with Crippen molar-refractivity contribution < 1.29 is 9.53 Å². The first kappa shape index (κ1) is 15.7. The van der Waals surface area contributed by atoms with Crippen LogP contribution in [0.4, 0.5) is 0 Å². The molecule has 2 heterocycles. The van der Waals surface area contributed by atoms with Gasteiger partial charge in [-0.2, -0.15) is 0 Å². The summed E-state index contributed by atoms with van der Waals surface area (Å²) in [5, 5.41) is 3.22. The first-order chi connectivity index (χ1) is 9.79. The van der Waals surface area contributed by atoms with Crippen molar-refractivity contribution in [3.8, 4) is 0 Å². The largest absolute Gasteiger partial charge is 0.377 e. The van der Waals surface area contributed by atoms with Crippen molar-refractivity contribution in [2.75, 3.05) is 52.4 Å². The number of hydrogen-bond donors (Lipinski definition) is 1. The van der Waals surface area contributed by atoms with Crippen LogP contribution in [-0.2, 0) is 9.53 Å². The Morgan fingerprint density at radius 1 is 1.25 bits per heavy atom. The van der Waals surface area contributed by atoms with Crippen LogP contribution in [0.15, 0.2) is 0 Å². The minimum atomic E-state index is 0.296. The Balaban J connectivity index is 1.69. The summed E-state index contributed by atoms with van der Waals surface area (Å²) in [6.45, 7) is 9.63. The molecule has 0 aromatic carbocycles. The summed E-state index contributed by atoms with van der Waals surface area (Å²) in [6, 6.07) is 0. The van der Waals surface area contributed by atoms with Crippen LogP contribution in [0, 0.1) is 0 Å².